The van der Waals surface area contributed by atoms with Gasteiger partial charge in [0.1, 0.15) is 6.04 Å². The summed E-state index contributed by atoms with van der Waals surface area (Å²) in [5.41, 5.74) is 2.21. The van der Waals surface area contributed by atoms with Gasteiger partial charge in [0.2, 0.25) is 18.1 Å². The summed E-state index contributed by atoms with van der Waals surface area (Å²) < 4.78 is 10.5. The molecule has 3 N–H and O–H groups in total. The molecular formula is C23H31N3O5. The summed E-state index contributed by atoms with van der Waals surface area (Å²) in [6.45, 7) is 6.46. The van der Waals surface area contributed by atoms with Crippen LogP contribution in [0.4, 0.5) is 0 Å². The largest absolute Gasteiger partial charge is 0.433 e. The minimum atomic E-state index is -0.778. The first-order valence-corrected chi connectivity index (χ1v) is 10.8. The number of carbonyl (C=O) groups is 3. The lowest BCUT2D eigenvalue weighted by atomic mass is 9.91. The molecule has 31 heavy (non-hydrogen) atoms. The Labute approximate surface area is 182 Å². The fraction of sp³-hybridized carbons (Fsp3) is 0.522. The third kappa shape index (κ3) is 5.85. The van der Waals surface area contributed by atoms with Crippen LogP contribution < -0.4 is 10.6 Å². The fourth-order valence-electron chi connectivity index (χ4n) is 3.84. The van der Waals surface area contributed by atoms with Crippen molar-refractivity contribution < 1.29 is 23.9 Å². The maximum atomic E-state index is 12.8. The first-order valence-electron chi connectivity index (χ1n) is 10.8. The van der Waals surface area contributed by atoms with Crippen molar-refractivity contribution in [3.05, 3.63) is 36.0 Å². The second-order valence-electron chi connectivity index (χ2n) is 8.15. The molecule has 3 unspecified atom stereocenters. The summed E-state index contributed by atoms with van der Waals surface area (Å²) in [5.74, 6) is -1.39. The maximum Gasteiger partial charge on any atom is 0.310 e. The van der Waals surface area contributed by atoms with Gasteiger partial charge in [0.05, 0.1) is 6.42 Å². The molecule has 2 heterocycles. The van der Waals surface area contributed by atoms with Crippen molar-refractivity contribution >= 4 is 28.7 Å². The van der Waals surface area contributed by atoms with Gasteiger partial charge in [-0.25, -0.2) is 0 Å². The second-order valence-corrected chi connectivity index (χ2v) is 8.15. The number of benzene rings is 1. The van der Waals surface area contributed by atoms with Gasteiger partial charge in [-0.3, -0.25) is 14.4 Å². The topological polar surface area (TPSA) is 110 Å². The van der Waals surface area contributed by atoms with Gasteiger partial charge in [0.25, 0.3) is 0 Å². The number of amides is 2. The molecule has 1 aromatic heterocycles. The Bertz CT molecular complexity index is 923. The predicted octanol–water partition coefficient (Wildman–Crippen LogP) is 2.28. The van der Waals surface area contributed by atoms with Gasteiger partial charge in [-0.15, -0.1) is 0 Å². The SMILES string of the molecule is CCOC1OC(=O)CC1NC(=O)C(CC(=O)NCCc1c[nH]c2ccccc12)C(C)C. The Hall–Kier alpha value is -2.87. The number of hydrogen-bond acceptors (Lipinski definition) is 5. The number of aromatic nitrogens is 1. The van der Waals surface area contributed by atoms with E-state index < -0.39 is 24.2 Å². The molecule has 2 amide bonds. The van der Waals surface area contributed by atoms with Crippen LogP contribution in [0.2, 0.25) is 0 Å². The van der Waals surface area contributed by atoms with E-state index >= 15 is 0 Å². The molecule has 3 atom stereocenters. The number of H-pyrrole nitrogens is 1. The number of esters is 1. The van der Waals surface area contributed by atoms with Gasteiger partial charge < -0.3 is 25.1 Å². The van der Waals surface area contributed by atoms with E-state index in [0.717, 1.165) is 16.5 Å². The predicted molar refractivity (Wildman–Crippen MR) is 116 cm³/mol. The standard InChI is InChI=1S/C23H31N3O5/c1-4-30-23-19(12-21(28)31-23)26-22(29)17(14(2)3)11-20(27)24-10-9-15-13-25-18-8-6-5-7-16(15)18/h5-8,13-14,17,19,23,25H,4,9-12H2,1-3H3,(H,24,27)(H,26,29). The average Bonchev–Trinajstić information content (AvgIpc) is 3.29. The number of hydrogen-bond donors (Lipinski definition) is 3. The zero-order chi connectivity index (χ0) is 22.4. The Morgan fingerprint density at radius 2 is 2.06 bits per heavy atom. The van der Waals surface area contributed by atoms with E-state index in [1.807, 2.05) is 38.2 Å². The monoisotopic (exact) mass is 429 g/mol. The zero-order valence-corrected chi connectivity index (χ0v) is 18.3. The molecule has 1 aromatic carbocycles. The number of para-hydroxylation sites is 1. The Kier molecular flexibility index (Phi) is 7.68. The zero-order valence-electron chi connectivity index (χ0n) is 18.3. The van der Waals surface area contributed by atoms with Gasteiger partial charge >= 0.3 is 5.97 Å². The van der Waals surface area contributed by atoms with E-state index in [2.05, 4.69) is 21.7 Å². The van der Waals surface area contributed by atoms with Crippen LogP contribution in [0.25, 0.3) is 10.9 Å². The third-order valence-electron chi connectivity index (χ3n) is 5.56. The highest BCUT2D eigenvalue weighted by molar-refractivity contribution is 5.87. The van der Waals surface area contributed by atoms with Crippen LogP contribution >= 0.6 is 0 Å². The smallest absolute Gasteiger partial charge is 0.310 e. The molecule has 8 heteroatoms. The normalized spacial score (nSPS) is 19.4. The number of fused-ring (bicyclic) bond motifs is 1. The first kappa shape index (κ1) is 22.8. The minimum Gasteiger partial charge on any atom is -0.433 e. The summed E-state index contributed by atoms with van der Waals surface area (Å²) in [6, 6.07) is 7.50. The third-order valence-corrected chi connectivity index (χ3v) is 5.56. The van der Waals surface area contributed by atoms with Crippen LogP contribution in [0.15, 0.2) is 30.5 Å². The van der Waals surface area contributed by atoms with Crippen molar-refractivity contribution in [2.24, 2.45) is 11.8 Å². The number of rotatable bonds is 10. The lowest BCUT2D eigenvalue weighted by Gasteiger charge is -2.24. The van der Waals surface area contributed by atoms with Crippen molar-refractivity contribution in [2.45, 2.75) is 52.4 Å². The van der Waals surface area contributed by atoms with Crippen LogP contribution in [0.5, 0.6) is 0 Å². The Morgan fingerprint density at radius 3 is 2.81 bits per heavy atom. The Morgan fingerprint density at radius 1 is 1.29 bits per heavy atom. The second kappa shape index (κ2) is 10.4. The average molecular weight is 430 g/mol. The van der Waals surface area contributed by atoms with Crippen LogP contribution in [-0.4, -0.2) is 48.3 Å². The van der Waals surface area contributed by atoms with E-state index in [-0.39, 0.29) is 30.6 Å². The summed E-state index contributed by atoms with van der Waals surface area (Å²) in [4.78, 5) is 40.1. The van der Waals surface area contributed by atoms with Crippen molar-refractivity contribution in [2.75, 3.05) is 13.2 Å². The molecule has 1 aliphatic heterocycles. The molecule has 0 bridgehead atoms. The molecule has 0 aliphatic carbocycles. The molecule has 1 aliphatic rings. The van der Waals surface area contributed by atoms with Crippen molar-refractivity contribution in [1.82, 2.24) is 15.6 Å². The molecule has 8 nitrogen and oxygen atoms in total. The molecule has 1 fully saturated rings. The van der Waals surface area contributed by atoms with Gasteiger partial charge in [0.15, 0.2) is 0 Å². The number of ether oxygens (including phenoxy) is 2. The molecular weight excluding hydrogens is 398 g/mol. The van der Waals surface area contributed by atoms with Gasteiger partial charge in [-0.1, -0.05) is 32.0 Å². The highest BCUT2D eigenvalue weighted by atomic mass is 16.7. The van der Waals surface area contributed by atoms with E-state index in [0.29, 0.717) is 19.6 Å². The van der Waals surface area contributed by atoms with Crippen LogP contribution in [0.3, 0.4) is 0 Å². The minimum absolute atomic E-state index is 0.0390. The lowest BCUT2D eigenvalue weighted by molar-refractivity contribution is -0.164. The van der Waals surface area contributed by atoms with Crippen LogP contribution in [-0.2, 0) is 30.3 Å². The van der Waals surface area contributed by atoms with Crippen LogP contribution in [0, 0.1) is 11.8 Å². The first-order chi connectivity index (χ1) is 14.9. The van der Waals surface area contributed by atoms with Gasteiger partial charge in [-0.05, 0) is 30.9 Å². The molecule has 1 saturated heterocycles. The highest BCUT2D eigenvalue weighted by Gasteiger charge is 2.38. The summed E-state index contributed by atoms with van der Waals surface area (Å²) in [7, 11) is 0. The molecule has 0 saturated carbocycles. The van der Waals surface area contributed by atoms with Crippen molar-refractivity contribution in [1.29, 1.82) is 0 Å². The maximum absolute atomic E-state index is 12.8. The summed E-state index contributed by atoms with van der Waals surface area (Å²) >= 11 is 0. The van der Waals surface area contributed by atoms with E-state index in [1.54, 1.807) is 6.92 Å². The van der Waals surface area contributed by atoms with E-state index in [1.165, 1.54) is 0 Å². The quantitative estimate of drug-likeness (QED) is 0.502. The van der Waals surface area contributed by atoms with Crippen LogP contribution in [0.1, 0.15) is 39.2 Å². The Balaban J connectivity index is 1.51. The van der Waals surface area contributed by atoms with Gasteiger partial charge in [-0.2, -0.15) is 0 Å². The highest BCUT2D eigenvalue weighted by Crippen LogP contribution is 2.21. The summed E-state index contributed by atoms with van der Waals surface area (Å²) in [5, 5.41) is 6.90. The lowest BCUT2D eigenvalue weighted by Crippen LogP contribution is -2.46. The molecule has 168 valence electrons. The molecule has 0 radical (unpaired) electrons. The van der Waals surface area contributed by atoms with E-state index in [9.17, 15) is 14.4 Å². The molecule has 3 rings (SSSR count). The van der Waals surface area contributed by atoms with Crippen molar-refractivity contribution in [3.8, 4) is 0 Å². The number of carbonyl (C=O) groups excluding carboxylic acids is 3. The number of cyclic esters (lactones) is 1. The summed E-state index contributed by atoms with van der Waals surface area (Å²) in [6.07, 6.45) is 2.03. The molecule has 0 spiro atoms. The van der Waals surface area contributed by atoms with Crippen molar-refractivity contribution in [3.63, 3.8) is 0 Å². The van der Waals surface area contributed by atoms with E-state index in [4.69, 9.17) is 9.47 Å². The van der Waals surface area contributed by atoms with Gasteiger partial charge in [0, 0.05) is 42.6 Å². The number of aromatic amines is 1. The fourth-order valence-corrected chi connectivity index (χ4v) is 3.84. The molecule has 2 aromatic rings. The number of nitrogens with one attached hydrogen (secondary N) is 3.